The van der Waals surface area contributed by atoms with Gasteiger partial charge < -0.3 is 14.9 Å². The minimum atomic E-state index is -1.52. The molecule has 2 N–H and O–H groups in total. The van der Waals surface area contributed by atoms with Crippen molar-refractivity contribution in [3.8, 4) is 0 Å². The molecule has 0 fully saturated rings. The lowest BCUT2D eigenvalue weighted by Crippen LogP contribution is -2.23. The molecule has 2 unspecified atom stereocenters. The summed E-state index contributed by atoms with van der Waals surface area (Å²) < 4.78 is 18.3. The number of esters is 1. The van der Waals surface area contributed by atoms with Crippen molar-refractivity contribution < 1.29 is 24.1 Å². The van der Waals surface area contributed by atoms with Crippen LogP contribution in [0.25, 0.3) is 10.9 Å². The molecule has 0 radical (unpaired) electrons. The third-order valence-electron chi connectivity index (χ3n) is 3.01. The van der Waals surface area contributed by atoms with Crippen LogP contribution in [0, 0.1) is 5.82 Å². The van der Waals surface area contributed by atoms with Gasteiger partial charge in [-0.05, 0) is 12.1 Å². The van der Waals surface area contributed by atoms with Gasteiger partial charge in [0.25, 0.3) is 0 Å². The van der Waals surface area contributed by atoms with Gasteiger partial charge in [0.2, 0.25) is 0 Å². The van der Waals surface area contributed by atoms with Crippen molar-refractivity contribution in [2.75, 3.05) is 7.11 Å². The van der Waals surface area contributed by atoms with Crippen molar-refractivity contribution in [2.45, 2.75) is 18.6 Å². The molecule has 20 heavy (non-hydrogen) atoms. The van der Waals surface area contributed by atoms with E-state index >= 15 is 0 Å². The Morgan fingerprint density at radius 2 is 2.20 bits per heavy atom. The standard InChI is InChI=1S/C14H14FNO4/c1-20-13(18)7-12(17)14(19)9-5-8-3-2-4-16-11(8)6-10(9)15/h2-6,12,14,17,19H,7H2,1H3. The lowest BCUT2D eigenvalue weighted by molar-refractivity contribution is -0.144. The van der Waals surface area contributed by atoms with Gasteiger partial charge in [-0.15, -0.1) is 0 Å². The Hall–Kier alpha value is -2.05. The Kier molecular flexibility index (Phi) is 4.26. The predicted octanol–water partition coefficient (Wildman–Crippen LogP) is 1.33. The van der Waals surface area contributed by atoms with Crippen LogP contribution in [-0.2, 0) is 9.53 Å². The van der Waals surface area contributed by atoms with Gasteiger partial charge in [-0.3, -0.25) is 9.78 Å². The van der Waals surface area contributed by atoms with Gasteiger partial charge in [-0.25, -0.2) is 4.39 Å². The van der Waals surface area contributed by atoms with Crippen molar-refractivity contribution in [2.24, 2.45) is 0 Å². The number of benzene rings is 1. The van der Waals surface area contributed by atoms with Crippen LogP contribution in [0.2, 0.25) is 0 Å². The molecule has 1 heterocycles. The fourth-order valence-corrected chi connectivity index (χ4v) is 1.91. The number of carbonyl (C=O) groups is 1. The summed E-state index contributed by atoms with van der Waals surface area (Å²) in [6.07, 6.45) is -1.84. The fourth-order valence-electron chi connectivity index (χ4n) is 1.91. The van der Waals surface area contributed by atoms with Crippen LogP contribution >= 0.6 is 0 Å². The van der Waals surface area contributed by atoms with Crippen LogP contribution in [-0.4, -0.2) is 34.4 Å². The Bertz CT molecular complexity index is 632. The number of hydrogen-bond donors (Lipinski definition) is 2. The first-order chi connectivity index (χ1) is 9.52. The van der Waals surface area contributed by atoms with Gasteiger partial charge in [-0.2, -0.15) is 0 Å². The zero-order valence-corrected chi connectivity index (χ0v) is 10.8. The maximum absolute atomic E-state index is 13.9. The Morgan fingerprint density at radius 3 is 2.90 bits per heavy atom. The summed E-state index contributed by atoms with van der Waals surface area (Å²) in [4.78, 5) is 15.0. The quantitative estimate of drug-likeness (QED) is 0.825. The lowest BCUT2D eigenvalue weighted by atomic mass is 9.99. The second kappa shape index (κ2) is 5.94. The summed E-state index contributed by atoms with van der Waals surface area (Å²) >= 11 is 0. The molecule has 2 atom stereocenters. The minimum absolute atomic E-state index is 0.0816. The molecule has 0 bridgehead atoms. The van der Waals surface area contributed by atoms with Crippen molar-refractivity contribution in [1.29, 1.82) is 0 Å². The van der Waals surface area contributed by atoms with E-state index in [1.165, 1.54) is 25.4 Å². The number of hydrogen-bond acceptors (Lipinski definition) is 5. The summed E-state index contributed by atoms with van der Waals surface area (Å²) in [7, 11) is 1.17. The molecule has 0 spiro atoms. The summed E-state index contributed by atoms with van der Waals surface area (Å²) in [6.45, 7) is 0. The first kappa shape index (κ1) is 14.4. The summed E-state index contributed by atoms with van der Waals surface area (Å²) in [6, 6.07) is 5.98. The van der Waals surface area contributed by atoms with Crippen LogP contribution in [0.5, 0.6) is 0 Å². The maximum atomic E-state index is 13.9. The smallest absolute Gasteiger partial charge is 0.308 e. The molecule has 0 aliphatic carbocycles. The second-order valence-corrected chi connectivity index (χ2v) is 4.36. The maximum Gasteiger partial charge on any atom is 0.308 e. The highest BCUT2D eigenvalue weighted by atomic mass is 19.1. The van der Waals surface area contributed by atoms with E-state index in [1.807, 2.05) is 0 Å². The molecule has 6 heteroatoms. The number of aliphatic hydroxyl groups excluding tert-OH is 2. The molecule has 5 nitrogen and oxygen atoms in total. The number of aromatic nitrogens is 1. The molecule has 106 valence electrons. The van der Waals surface area contributed by atoms with Gasteiger partial charge in [0, 0.05) is 23.2 Å². The largest absolute Gasteiger partial charge is 0.469 e. The molecule has 1 aromatic heterocycles. The molecule has 2 aromatic rings. The third kappa shape index (κ3) is 2.92. The fraction of sp³-hybridized carbons (Fsp3) is 0.286. The first-order valence-corrected chi connectivity index (χ1v) is 6.00. The molecular formula is C14H14FNO4. The van der Waals surface area contributed by atoms with Crippen molar-refractivity contribution in [1.82, 2.24) is 4.98 Å². The number of ether oxygens (including phenoxy) is 1. The van der Waals surface area contributed by atoms with Gasteiger partial charge in [0.05, 0.1) is 25.2 Å². The first-order valence-electron chi connectivity index (χ1n) is 6.00. The van der Waals surface area contributed by atoms with Gasteiger partial charge in [-0.1, -0.05) is 6.07 Å². The highest BCUT2D eigenvalue weighted by Gasteiger charge is 2.24. The van der Waals surface area contributed by atoms with Crippen molar-refractivity contribution in [3.63, 3.8) is 0 Å². The molecule has 0 saturated carbocycles. The van der Waals surface area contributed by atoms with E-state index in [0.717, 1.165) is 0 Å². The SMILES string of the molecule is COC(=O)CC(O)C(O)c1cc2cccnc2cc1F. The Morgan fingerprint density at radius 1 is 1.45 bits per heavy atom. The molecule has 0 amide bonds. The number of fused-ring (bicyclic) bond motifs is 1. The average molecular weight is 279 g/mol. The van der Waals surface area contributed by atoms with E-state index in [-0.39, 0.29) is 5.56 Å². The van der Waals surface area contributed by atoms with Crippen LogP contribution in [0.4, 0.5) is 4.39 Å². The summed E-state index contributed by atoms with van der Waals surface area (Å²) in [5.41, 5.74) is 0.366. The average Bonchev–Trinajstić information content (AvgIpc) is 2.45. The zero-order valence-electron chi connectivity index (χ0n) is 10.8. The number of carbonyl (C=O) groups excluding carboxylic acids is 1. The summed E-state index contributed by atoms with van der Waals surface area (Å²) in [5.74, 6) is -1.37. The van der Waals surface area contributed by atoms with Gasteiger partial charge in [0.1, 0.15) is 11.9 Å². The van der Waals surface area contributed by atoms with Crippen LogP contribution < -0.4 is 0 Å². The molecule has 2 rings (SSSR count). The zero-order chi connectivity index (χ0) is 14.7. The molecule has 0 aliphatic heterocycles. The highest BCUT2D eigenvalue weighted by molar-refractivity contribution is 5.79. The van der Waals surface area contributed by atoms with Crippen molar-refractivity contribution in [3.05, 3.63) is 41.8 Å². The lowest BCUT2D eigenvalue weighted by Gasteiger charge is -2.18. The molecule has 0 saturated heterocycles. The van der Waals surface area contributed by atoms with E-state index in [4.69, 9.17) is 0 Å². The highest BCUT2D eigenvalue weighted by Crippen LogP contribution is 2.26. The molecule has 0 aliphatic rings. The van der Waals surface area contributed by atoms with Crippen LogP contribution in [0.3, 0.4) is 0 Å². The normalized spacial score (nSPS) is 14.0. The van der Waals surface area contributed by atoms with Gasteiger partial charge in [0.15, 0.2) is 0 Å². The number of methoxy groups -OCH3 is 1. The van der Waals surface area contributed by atoms with E-state index in [9.17, 15) is 19.4 Å². The van der Waals surface area contributed by atoms with E-state index in [2.05, 4.69) is 9.72 Å². The Labute approximate surface area is 114 Å². The Balaban J connectivity index is 2.31. The van der Waals surface area contributed by atoms with Crippen LogP contribution in [0.15, 0.2) is 30.5 Å². The predicted molar refractivity (Wildman–Crippen MR) is 69.3 cm³/mol. The van der Waals surface area contributed by atoms with Crippen LogP contribution in [0.1, 0.15) is 18.1 Å². The summed E-state index contributed by atoms with van der Waals surface area (Å²) in [5, 5.41) is 20.3. The second-order valence-electron chi connectivity index (χ2n) is 4.36. The number of pyridine rings is 1. The number of nitrogens with zero attached hydrogens (tertiary/aromatic N) is 1. The third-order valence-corrected chi connectivity index (χ3v) is 3.01. The number of halogens is 1. The van der Waals surface area contributed by atoms with E-state index < -0.39 is 30.4 Å². The minimum Gasteiger partial charge on any atom is -0.469 e. The van der Waals surface area contributed by atoms with E-state index in [0.29, 0.717) is 10.9 Å². The molecular weight excluding hydrogens is 265 g/mol. The van der Waals surface area contributed by atoms with Gasteiger partial charge >= 0.3 is 5.97 Å². The molecule has 1 aromatic carbocycles. The topological polar surface area (TPSA) is 79.7 Å². The number of aliphatic hydroxyl groups is 2. The van der Waals surface area contributed by atoms with Crippen molar-refractivity contribution >= 4 is 16.9 Å². The van der Waals surface area contributed by atoms with E-state index in [1.54, 1.807) is 12.1 Å². The number of rotatable bonds is 4. The monoisotopic (exact) mass is 279 g/mol.